The monoisotopic (exact) mass is 449 g/mol. The predicted octanol–water partition coefficient (Wildman–Crippen LogP) is 7.47. The molecule has 0 saturated heterocycles. The maximum atomic E-state index is 11.1. The molecule has 4 heteroatoms. The van der Waals surface area contributed by atoms with E-state index in [9.17, 15) is 4.79 Å². The van der Waals surface area contributed by atoms with Crippen LogP contribution < -0.4 is 0 Å². The van der Waals surface area contributed by atoms with Crippen molar-refractivity contribution in [2.75, 3.05) is 0 Å². The standard InChI is InChI=1S/C29H23NO2S/c1-20-7-5-6-10-26(20)27(22-8-3-2-4-9-22)17-21-11-13-23(14-12-21)28-16-15-25(33-28)18-24(19-30)29(31)32/h2-6,8-18,20H,7H2,1H3,(H,31,32)/b24-18-,27-17-. The fourth-order valence-corrected chi connectivity index (χ4v) is 4.79. The Morgan fingerprint density at radius 3 is 2.48 bits per heavy atom. The maximum Gasteiger partial charge on any atom is 0.346 e. The summed E-state index contributed by atoms with van der Waals surface area (Å²) in [6, 6.07) is 24.4. The van der Waals surface area contributed by atoms with Crippen molar-refractivity contribution in [3.8, 4) is 16.5 Å². The zero-order chi connectivity index (χ0) is 23.2. The number of carboxylic acids is 1. The molecule has 0 aliphatic heterocycles. The molecule has 0 spiro atoms. The van der Waals surface area contributed by atoms with Crippen molar-refractivity contribution in [2.24, 2.45) is 5.92 Å². The number of thiophene rings is 1. The van der Waals surface area contributed by atoms with Crippen molar-refractivity contribution in [1.82, 2.24) is 0 Å². The van der Waals surface area contributed by atoms with E-state index in [-0.39, 0.29) is 5.57 Å². The molecule has 2 aromatic carbocycles. The Morgan fingerprint density at radius 1 is 1.06 bits per heavy atom. The summed E-state index contributed by atoms with van der Waals surface area (Å²) in [6.45, 7) is 2.26. The van der Waals surface area contributed by atoms with Crippen LogP contribution in [0.4, 0.5) is 0 Å². The topological polar surface area (TPSA) is 61.1 Å². The number of allylic oxidation sites excluding steroid dienone is 5. The number of nitriles is 1. The third-order valence-electron chi connectivity index (χ3n) is 5.60. The molecule has 4 rings (SSSR count). The van der Waals surface area contributed by atoms with E-state index in [0.29, 0.717) is 5.92 Å². The van der Waals surface area contributed by atoms with E-state index in [1.165, 1.54) is 34.1 Å². The number of rotatable bonds is 6. The van der Waals surface area contributed by atoms with Crippen LogP contribution >= 0.6 is 11.3 Å². The third-order valence-corrected chi connectivity index (χ3v) is 6.68. The van der Waals surface area contributed by atoms with Crippen molar-refractivity contribution in [2.45, 2.75) is 13.3 Å². The van der Waals surface area contributed by atoms with Crippen molar-refractivity contribution in [3.05, 3.63) is 112 Å². The van der Waals surface area contributed by atoms with Crippen LogP contribution in [0.3, 0.4) is 0 Å². The number of nitrogens with zero attached hydrogens (tertiary/aromatic N) is 1. The molecule has 0 saturated carbocycles. The van der Waals surface area contributed by atoms with Crippen LogP contribution in [0.25, 0.3) is 28.2 Å². The predicted molar refractivity (Wildman–Crippen MR) is 136 cm³/mol. The smallest absolute Gasteiger partial charge is 0.346 e. The molecular formula is C29H23NO2S. The first kappa shape index (κ1) is 22.3. The highest BCUT2D eigenvalue weighted by molar-refractivity contribution is 7.16. The normalized spacial score (nSPS) is 16.2. The molecule has 1 N–H and O–H groups in total. The van der Waals surface area contributed by atoms with Crippen molar-refractivity contribution in [1.29, 1.82) is 5.26 Å². The van der Waals surface area contributed by atoms with Crippen LogP contribution in [0.1, 0.15) is 29.3 Å². The molecule has 0 radical (unpaired) electrons. The van der Waals surface area contributed by atoms with E-state index in [4.69, 9.17) is 10.4 Å². The molecule has 3 nitrogen and oxygen atoms in total. The van der Waals surface area contributed by atoms with Gasteiger partial charge in [-0.3, -0.25) is 0 Å². The van der Waals surface area contributed by atoms with Gasteiger partial charge in [-0.15, -0.1) is 11.3 Å². The Bertz CT molecular complexity index is 1320. The van der Waals surface area contributed by atoms with E-state index in [1.807, 2.05) is 18.2 Å². The minimum atomic E-state index is -1.21. The number of hydrogen-bond donors (Lipinski definition) is 1. The fourth-order valence-electron chi connectivity index (χ4n) is 3.83. The summed E-state index contributed by atoms with van der Waals surface area (Å²) in [4.78, 5) is 12.8. The van der Waals surface area contributed by atoms with E-state index < -0.39 is 5.97 Å². The van der Waals surface area contributed by atoms with Gasteiger partial charge in [0.15, 0.2) is 0 Å². The van der Waals surface area contributed by atoms with Gasteiger partial charge in [0.05, 0.1) is 0 Å². The molecule has 162 valence electrons. The van der Waals surface area contributed by atoms with Gasteiger partial charge in [-0.1, -0.05) is 79.7 Å². The average Bonchev–Trinajstić information content (AvgIpc) is 3.31. The van der Waals surface area contributed by atoms with Gasteiger partial charge < -0.3 is 5.11 Å². The minimum Gasteiger partial charge on any atom is -0.477 e. The highest BCUT2D eigenvalue weighted by Crippen LogP contribution is 2.35. The van der Waals surface area contributed by atoms with Gasteiger partial charge in [0.25, 0.3) is 0 Å². The van der Waals surface area contributed by atoms with Gasteiger partial charge in [-0.2, -0.15) is 5.26 Å². The molecule has 1 aliphatic carbocycles. The zero-order valence-electron chi connectivity index (χ0n) is 18.2. The van der Waals surface area contributed by atoms with E-state index >= 15 is 0 Å². The molecule has 1 aromatic heterocycles. The Hall–Kier alpha value is -3.94. The second-order valence-electron chi connectivity index (χ2n) is 7.91. The highest BCUT2D eigenvalue weighted by Gasteiger charge is 2.16. The zero-order valence-corrected chi connectivity index (χ0v) is 19.0. The van der Waals surface area contributed by atoms with Crippen molar-refractivity contribution < 1.29 is 9.90 Å². The Balaban J connectivity index is 1.65. The van der Waals surface area contributed by atoms with E-state index in [2.05, 4.69) is 79.8 Å². The number of benzene rings is 2. The molecule has 0 amide bonds. The lowest BCUT2D eigenvalue weighted by atomic mass is 9.84. The first-order valence-electron chi connectivity index (χ1n) is 10.7. The maximum absolute atomic E-state index is 11.1. The molecule has 1 heterocycles. The minimum absolute atomic E-state index is 0.265. The molecule has 1 aliphatic rings. The summed E-state index contributed by atoms with van der Waals surface area (Å²) < 4.78 is 0. The first-order valence-corrected chi connectivity index (χ1v) is 11.6. The Morgan fingerprint density at radius 2 is 1.82 bits per heavy atom. The lowest BCUT2D eigenvalue weighted by Gasteiger charge is -2.21. The number of carbonyl (C=O) groups is 1. The molecule has 3 aromatic rings. The van der Waals surface area contributed by atoms with Crippen molar-refractivity contribution >= 4 is 35.0 Å². The second kappa shape index (κ2) is 10.1. The lowest BCUT2D eigenvalue weighted by Crippen LogP contribution is -2.04. The summed E-state index contributed by atoms with van der Waals surface area (Å²) in [5.74, 6) is -0.752. The third kappa shape index (κ3) is 5.28. The summed E-state index contributed by atoms with van der Waals surface area (Å²) in [7, 11) is 0. The molecular weight excluding hydrogens is 426 g/mol. The fraction of sp³-hybridized carbons (Fsp3) is 0.103. The molecule has 1 atom stereocenters. The average molecular weight is 450 g/mol. The van der Waals surface area contributed by atoms with Gasteiger partial charge in [-0.05, 0) is 64.5 Å². The highest BCUT2D eigenvalue weighted by atomic mass is 32.1. The van der Waals surface area contributed by atoms with Crippen LogP contribution in [-0.4, -0.2) is 11.1 Å². The Labute approximate surface area is 198 Å². The second-order valence-corrected chi connectivity index (χ2v) is 9.03. The first-order chi connectivity index (χ1) is 16.0. The number of aliphatic carboxylic acids is 1. The summed E-state index contributed by atoms with van der Waals surface area (Å²) in [5.41, 5.74) is 5.69. The van der Waals surface area contributed by atoms with Gasteiger partial charge in [0.1, 0.15) is 11.6 Å². The van der Waals surface area contributed by atoms with Gasteiger partial charge in [0, 0.05) is 9.75 Å². The van der Waals surface area contributed by atoms with Crippen molar-refractivity contribution in [3.63, 3.8) is 0 Å². The van der Waals surface area contributed by atoms with Crippen LogP contribution in [-0.2, 0) is 4.79 Å². The van der Waals surface area contributed by atoms with Crippen LogP contribution in [0.15, 0.2) is 96.1 Å². The summed E-state index contributed by atoms with van der Waals surface area (Å²) >= 11 is 1.46. The molecule has 0 fully saturated rings. The number of carboxylic acid groups (broad SMARTS) is 1. The lowest BCUT2D eigenvalue weighted by molar-refractivity contribution is -0.132. The molecule has 33 heavy (non-hydrogen) atoms. The van der Waals surface area contributed by atoms with E-state index in [1.54, 1.807) is 6.07 Å². The quantitative estimate of drug-likeness (QED) is 0.241. The Kier molecular flexibility index (Phi) is 6.83. The van der Waals surface area contributed by atoms with Crippen LogP contribution in [0.5, 0.6) is 0 Å². The summed E-state index contributed by atoms with van der Waals surface area (Å²) in [6.07, 6.45) is 11.3. The SMILES string of the molecule is CC1CC=CC=C1/C(=C\c1ccc(-c2ccc(/C=C(/C#N)C(=O)O)s2)cc1)c1ccccc1. The van der Waals surface area contributed by atoms with Gasteiger partial charge >= 0.3 is 5.97 Å². The van der Waals surface area contributed by atoms with Crippen LogP contribution in [0.2, 0.25) is 0 Å². The largest absolute Gasteiger partial charge is 0.477 e. The summed E-state index contributed by atoms with van der Waals surface area (Å²) in [5, 5.41) is 18.0. The van der Waals surface area contributed by atoms with Crippen LogP contribution in [0, 0.1) is 17.2 Å². The van der Waals surface area contributed by atoms with E-state index in [0.717, 1.165) is 27.3 Å². The molecule has 1 unspecified atom stereocenters. The van der Waals surface area contributed by atoms with Gasteiger partial charge in [0.2, 0.25) is 0 Å². The van der Waals surface area contributed by atoms with Gasteiger partial charge in [-0.25, -0.2) is 4.79 Å². The molecule has 0 bridgehead atoms. The number of hydrogen-bond acceptors (Lipinski definition) is 3.